The van der Waals surface area contributed by atoms with Crippen molar-refractivity contribution in [2.75, 3.05) is 13.1 Å². The van der Waals surface area contributed by atoms with Crippen LogP contribution in [0.1, 0.15) is 18.0 Å². The number of fused-ring (bicyclic) bond motifs is 2. The van der Waals surface area contributed by atoms with Gasteiger partial charge in [-0.1, -0.05) is 0 Å². The second-order valence-corrected chi connectivity index (χ2v) is 6.29. The van der Waals surface area contributed by atoms with Gasteiger partial charge in [-0.2, -0.15) is 10.4 Å². The lowest BCUT2D eigenvalue weighted by molar-refractivity contribution is 0.542. The van der Waals surface area contributed by atoms with Gasteiger partial charge < -0.3 is 10.3 Å². The quantitative estimate of drug-likeness (QED) is 0.539. The number of H-pyrrole nitrogens is 1. The molecule has 0 bridgehead atoms. The molecule has 0 saturated carbocycles. The normalized spacial score (nSPS) is 16.5. The minimum atomic E-state index is -0.174. The molecule has 136 valence electrons. The van der Waals surface area contributed by atoms with Crippen molar-refractivity contribution in [3.63, 3.8) is 0 Å². The number of nitriles is 1. The van der Waals surface area contributed by atoms with E-state index in [4.69, 9.17) is 5.26 Å². The van der Waals surface area contributed by atoms with E-state index in [0.717, 1.165) is 25.0 Å². The van der Waals surface area contributed by atoms with Gasteiger partial charge in [-0.15, -0.1) is 12.4 Å². The molecule has 4 aromatic rings. The Hall–Kier alpha value is -3.22. The third-order valence-electron chi connectivity index (χ3n) is 4.75. The Balaban J connectivity index is 0.00000180. The molecule has 0 radical (unpaired) electrons. The molecule has 0 unspecified atom stereocenters. The van der Waals surface area contributed by atoms with Gasteiger partial charge in [0.1, 0.15) is 5.52 Å². The average molecular weight is 383 g/mol. The molecule has 1 fully saturated rings. The van der Waals surface area contributed by atoms with Crippen LogP contribution in [0.5, 0.6) is 0 Å². The number of nitrogens with one attached hydrogen (secondary N) is 2. The maximum atomic E-state index is 12.4. The SMILES string of the molecule is Cl.N#Cc1ccn2ncc(-c3ncc4[nH]c(=O)n([C@H]5CCNC5)c4n3)c2c1. The summed E-state index contributed by atoms with van der Waals surface area (Å²) in [6, 6.07) is 5.65. The Kier molecular flexibility index (Phi) is 4.14. The van der Waals surface area contributed by atoms with E-state index in [-0.39, 0.29) is 24.1 Å². The highest BCUT2D eigenvalue weighted by Gasteiger charge is 2.22. The second kappa shape index (κ2) is 6.50. The van der Waals surface area contributed by atoms with E-state index >= 15 is 0 Å². The summed E-state index contributed by atoms with van der Waals surface area (Å²) in [5.74, 6) is 0.473. The van der Waals surface area contributed by atoms with Crippen LogP contribution < -0.4 is 11.0 Å². The highest BCUT2D eigenvalue weighted by Crippen LogP contribution is 2.24. The van der Waals surface area contributed by atoms with Gasteiger partial charge >= 0.3 is 5.69 Å². The third kappa shape index (κ3) is 2.66. The first-order valence-corrected chi connectivity index (χ1v) is 8.30. The van der Waals surface area contributed by atoms with Crippen molar-refractivity contribution in [3.05, 3.63) is 46.8 Å². The molecule has 5 heterocycles. The molecule has 10 heteroatoms. The summed E-state index contributed by atoms with van der Waals surface area (Å²) >= 11 is 0. The summed E-state index contributed by atoms with van der Waals surface area (Å²) < 4.78 is 3.38. The van der Waals surface area contributed by atoms with Crippen LogP contribution in [-0.4, -0.2) is 42.2 Å². The van der Waals surface area contributed by atoms with Crippen LogP contribution in [0.3, 0.4) is 0 Å². The fourth-order valence-corrected chi connectivity index (χ4v) is 3.47. The summed E-state index contributed by atoms with van der Waals surface area (Å²) in [5, 5.41) is 16.7. The lowest BCUT2D eigenvalue weighted by Crippen LogP contribution is -2.24. The number of imidazole rings is 1. The Morgan fingerprint density at radius 2 is 2.22 bits per heavy atom. The molecule has 1 atom stereocenters. The van der Waals surface area contributed by atoms with Crippen LogP contribution >= 0.6 is 12.4 Å². The largest absolute Gasteiger partial charge is 0.328 e. The van der Waals surface area contributed by atoms with Crippen LogP contribution in [-0.2, 0) is 0 Å². The number of nitrogens with zero attached hydrogens (tertiary/aromatic N) is 6. The van der Waals surface area contributed by atoms with Crippen LogP contribution in [0.15, 0.2) is 35.5 Å². The van der Waals surface area contributed by atoms with E-state index in [1.54, 1.807) is 39.8 Å². The fourth-order valence-electron chi connectivity index (χ4n) is 3.47. The molecular formula is C17H15ClN8O. The van der Waals surface area contributed by atoms with Crippen molar-refractivity contribution >= 4 is 29.1 Å². The van der Waals surface area contributed by atoms with Gasteiger partial charge in [0.25, 0.3) is 0 Å². The summed E-state index contributed by atoms with van der Waals surface area (Å²) in [4.78, 5) is 24.2. The third-order valence-corrected chi connectivity index (χ3v) is 4.75. The van der Waals surface area contributed by atoms with Crippen molar-refractivity contribution < 1.29 is 0 Å². The number of hydrogen-bond acceptors (Lipinski definition) is 6. The molecule has 0 aliphatic carbocycles. The molecule has 1 saturated heterocycles. The van der Waals surface area contributed by atoms with Gasteiger partial charge in [0.2, 0.25) is 0 Å². The zero-order valence-electron chi connectivity index (χ0n) is 14.1. The minimum Gasteiger partial charge on any atom is -0.315 e. The molecular weight excluding hydrogens is 368 g/mol. The molecule has 0 aromatic carbocycles. The molecule has 5 rings (SSSR count). The van der Waals surface area contributed by atoms with Crippen LogP contribution in [0, 0.1) is 11.3 Å². The Morgan fingerprint density at radius 3 is 3.00 bits per heavy atom. The van der Waals surface area contributed by atoms with E-state index in [0.29, 0.717) is 28.1 Å². The van der Waals surface area contributed by atoms with E-state index in [1.165, 1.54) is 0 Å². The van der Waals surface area contributed by atoms with Crippen molar-refractivity contribution in [2.24, 2.45) is 0 Å². The zero-order chi connectivity index (χ0) is 17.7. The Morgan fingerprint density at radius 1 is 1.33 bits per heavy atom. The molecule has 27 heavy (non-hydrogen) atoms. The fraction of sp³-hybridized carbons (Fsp3) is 0.235. The highest BCUT2D eigenvalue weighted by molar-refractivity contribution is 5.85. The number of rotatable bonds is 2. The predicted molar refractivity (Wildman–Crippen MR) is 101 cm³/mol. The molecule has 1 aliphatic rings. The van der Waals surface area contributed by atoms with Gasteiger partial charge in [0, 0.05) is 12.7 Å². The summed E-state index contributed by atoms with van der Waals surface area (Å²) in [6.07, 6.45) is 5.90. The monoisotopic (exact) mass is 382 g/mol. The van der Waals surface area contributed by atoms with Crippen molar-refractivity contribution in [2.45, 2.75) is 12.5 Å². The van der Waals surface area contributed by atoms with E-state index in [9.17, 15) is 4.79 Å². The molecule has 4 aromatic heterocycles. The number of pyridine rings is 1. The van der Waals surface area contributed by atoms with Crippen molar-refractivity contribution in [3.8, 4) is 17.5 Å². The van der Waals surface area contributed by atoms with Crippen LogP contribution in [0.25, 0.3) is 28.1 Å². The molecule has 2 N–H and O–H groups in total. The molecule has 1 aliphatic heterocycles. The average Bonchev–Trinajstić information content (AvgIpc) is 3.37. The molecule has 9 nitrogen and oxygen atoms in total. The molecule has 0 spiro atoms. The smallest absolute Gasteiger partial charge is 0.315 e. The summed E-state index contributed by atoms with van der Waals surface area (Å²) in [5.41, 5.74) is 3.02. The van der Waals surface area contributed by atoms with Gasteiger partial charge in [-0.05, 0) is 25.1 Å². The van der Waals surface area contributed by atoms with Crippen molar-refractivity contribution in [1.29, 1.82) is 5.26 Å². The first-order valence-electron chi connectivity index (χ1n) is 8.30. The Labute approximate surface area is 159 Å². The van der Waals surface area contributed by atoms with Crippen LogP contribution in [0.4, 0.5) is 0 Å². The van der Waals surface area contributed by atoms with E-state index < -0.39 is 0 Å². The van der Waals surface area contributed by atoms with E-state index in [2.05, 4.69) is 31.4 Å². The van der Waals surface area contributed by atoms with Gasteiger partial charge in [0.15, 0.2) is 11.5 Å². The topological polar surface area (TPSA) is 117 Å². The van der Waals surface area contributed by atoms with Crippen LogP contribution in [0.2, 0.25) is 0 Å². The van der Waals surface area contributed by atoms with Gasteiger partial charge in [0.05, 0.1) is 41.1 Å². The van der Waals surface area contributed by atoms with Crippen molar-refractivity contribution in [1.82, 2.24) is 34.4 Å². The maximum Gasteiger partial charge on any atom is 0.328 e. The number of hydrogen-bond donors (Lipinski definition) is 2. The number of aromatic nitrogens is 6. The lowest BCUT2D eigenvalue weighted by Gasteiger charge is -2.09. The zero-order valence-corrected chi connectivity index (χ0v) is 14.9. The predicted octanol–water partition coefficient (Wildman–Crippen LogP) is 1.26. The number of aromatic amines is 1. The maximum absolute atomic E-state index is 12.4. The molecule has 0 amide bonds. The summed E-state index contributed by atoms with van der Waals surface area (Å²) in [7, 11) is 0. The standard InChI is InChI=1S/C17H14N8O.ClH/c18-6-10-2-4-24-14(5-10)12(8-21-24)15-20-9-13-16(23-15)25(17(26)22-13)11-1-3-19-7-11;/h2,4-5,8-9,11,19H,1,3,7H2,(H,22,26);1H/t11-;/m0./s1. The Bertz CT molecular complexity index is 1240. The number of halogens is 1. The van der Waals surface area contributed by atoms with Gasteiger partial charge in [-0.3, -0.25) is 4.57 Å². The minimum absolute atomic E-state index is 0. The lowest BCUT2D eigenvalue weighted by atomic mass is 10.2. The summed E-state index contributed by atoms with van der Waals surface area (Å²) in [6.45, 7) is 1.63. The highest BCUT2D eigenvalue weighted by atomic mass is 35.5. The van der Waals surface area contributed by atoms with E-state index in [1.807, 2.05) is 0 Å². The van der Waals surface area contributed by atoms with Gasteiger partial charge in [-0.25, -0.2) is 19.3 Å². The first kappa shape index (κ1) is 17.2. The second-order valence-electron chi connectivity index (χ2n) is 6.29. The first-order chi connectivity index (χ1) is 12.7.